The standard InChI is InChI=1S/C24H29Cl2N3O2S/c1-32-14-11-21(28-23(30)19-9-2-3-10-20(19)26)24(31)27-16-22(29-12-4-5-13-29)17-7-6-8-18(25)15-17/h2-3,6-10,15,21-22H,4-5,11-14,16H2,1H3,(H,27,31)(H,28,30). The van der Waals surface area contributed by atoms with Gasteiger partial charge in [0.15, 0.2) is 0 Å². The van der Waals surface area contributed by atoms with Crippen molar-refractivity contribution in [3.8, 4) is 0 Å². The van der Waals surface area contributed by atoms with E-state index in [4.69, 9.17) is 23.2 Å². The van der Waals surface area contributed by atoms with Crippen molar-refractivity contribution in [3.63, 3.8) is 0 Å². The fraction of sp³-hybridized carbons (Fsp3) is 0.417. The third-order valence-electron chi connectivity index (χ3n) is 5.64. The molecule has 1 aliphatic heterocycles. The SMILES string of the molecule is CSCCC(NC(=O)c1ccccc1Cl)C(=O)NCC(c1cccc(Cl)c1)N1CCCC1. The molecule has 2 atom stereocenters. The Balaban J connectivity index is 1.69. The maximum Gasteiger partial charge on any atom is 0.253 e. The highest BCUT2D eigenvalue weighted by Gasteiger charge is 2.27. The van der Waals surface area contributed by atoms with Gasteiger partial charge < -0.3 is 10.6 Å². The molecule has 0 radical (unpaired) electrons. The van der Waals surface area contributed by atoms with Crippen molar-refractivity contribution in [2.75, 3.05) is 31.6 Å². The monoisotopic (exact) mass is 493 g/mol. The van der Waals surface area contributed by atoms with Crippen LogP contribution in [0.5, 0.6) is 0 Å². The molecule has 2 amide bonds. The molecule has 2 N–H and O–H groups in total. The van der Waals surface area contributed by atoms with Crippen LogP contribution in [0, 0.1) is 0 Å². The van der Waals surface area contributed by atoms with E-state index in [1.165, 1.54) is 0 Å². The Labute approximate surface area is 204 Å². The van der Waals surface area contributed by atoms with Crippen molar-refractivity contribution in [3.05, 3.63) is 69.7 Å². The van der Waals surface area contributed by atoms with Gasteiger partial charge in [0, 0.05) is 11.6 Å². The van der Waals surface area contributed by atoms with Gasteiger partial charge in [-0.3, -0.25) is 14.5 Å². The van der Waals surface area contributed by atoms with E-state index < -0.39 is 6.04 Å². The molecule has 1 heterocycles. The predicted molar refractivity (Wildman–Crippen MR) is 134 cm³/mol. The second kappa shape index (κ2) is 12.5. The topological polar surface area (TPSA) is 61.4 Å². The van der Waals surface area contributed by atoms with Crippen LogP contribution in [0.3, 0.4) is 0 Å². The minimum Gasteiger partial charge on any atom is -0.352 e. The number of hydrogen-bond acceptors (Lipinski definition) is 4. The Morgan fingerprint density at radius 1 is 1.09 bits per heavy atom. The van der Waals surface area contributed by atoms with Gasteiger partial charge >= 0.3 is 0 Å². The fourth-order valence-electron chi connectivity index (χ4n) is 3.93. The molecule has 2 aromatic carbocycles. The van der Waals surface area contributed by atoms with Gasteiger partial charge in [0.05, 0.1) is 16.6 Å². The second-order valence-corrected chi connectivity index (χ2v) is 9.68. The number of rotatable bonds is 10. The van der Waals surface area contributed by atoms with Crippen molar-refractivity contribution in [1.82, 2.24) is 15.5 Å². The van der Waals surface area contributed by atoms with Crippen LogP contribution in [0.25, 0.3) is 0 Å². The summed E-state index contributed by atoms with van der Waals surface area (Å²) < 4.78 is 0. The zero-order valence-electron chi connectivity index (χ0n) is 18.2. The number of nitrogens with zero attached hydrogens (tertiary/aromatic N) is 1. The van der Waals surface area contributed by atoms with E-state index in [1.54, 1.807) is 36.0 Å². The molecule has 5 nitrogen and oxygen atoms in total. The van der Waals surface area contributed by atoms with Gasteiger partial charge in [0.2, 0.25) is 5.91 Å². The van der Waals surface area contributed by atoms with Gasteiger partial charge in [0.25, 0.3) is 5.91 Å². The molecule has 0 bridgehead atoms. The van der Waals surface area contributed by atoms with Crippen LogP contribution >= 0.6 is 35.0 Å². The van der Waals surface area contributed by atoms with E-state index in [2.05, 4.69) is 15.5 Å². The quantitative estimate of drug-likeness (QED) is 0.498. The predicted octanol–water partition coefficient (Wildman–Crippen LogP) is 4.80. The van der Waals surface area contributed by atoms with Gasteiger partial charge in [-0.25, -0.2) is 0 Å². The highest BCUT2D eigenvalue weighted by molar-refractivity contribution is 7.98. The highest BCUT2D eigenvalue weighted by atomic mass is 35.5. The van der Waals surface area contributed by atoms with E-state index in [0.29, 0.717) is 28.6 Å². The van der Waals surface area contributed by atoms with Crippen LogP contribution in [-0.2, 0) is 4.79 Å². The Morgan fingerprint density at radius 2 is 1.84 bits per heavy atom. The molecule has 2 unspecified atom stereocenters. The summed E-state index contributed by atoms with van der Waals surface area (Å²) in [6.07, 6.45) is 4.81. The van der Waals surface area contributed by atoms with E-state index >= 15 is 0 Å². The lowest BCUT2D eigenvalue weighted by atomic mass is 10.0. The molecule has 0 spiro atoms. The number of carbonyl (C=O) groups is 2. The number of halogens is 2. The van der Waals surface area contributed by atoms with Crippen molar-refractivity contribution < 1.29 is 9.59 Å². The summed E-state index contributed by atoms with van der Waals surface area (Å²) in [5, 5.41) is 6.99. The van der Waals surface area contributed by atoms with Crippen LogP contribution < -0.4 is 10.6 Å². The Hall–Kier alpha value is -1.73. The molecule has 1 aliphatic rings. The molecular weight excluding hydrogens is 465 g/mol. The fourth-order valence-corrected chi connectivity index (χ4v) is 4.82. The normalized spacial score (nSPS) is 15.8. The van der Waals surface area contributed by atoms with Gasteiger partial charge in [0.1, 0.15) is 6.04 Å². The summed E-state index contributed by atoms with van der Waals surface area (Å²) in [6.45, 7) is 2.44. The van der Waals surface area contributed by atoms with E-state index in [1.807, 2.05) is 30.5 Å². The Bertz CT molecular complexity index is 922. The zero-order valence-corrected chi connectivity index (χ0v) is 20.5. The Morgan fingerprint density at radius 3 is 2.53 bits per heavy atom. The molecule has 1 saturated heterocycles. The van der Waals surface area contributed by atoms with Crippen molar-refractivity contribution in [2.45, 2.75) is 31.3 Å². The van der Waals surface area contributed by atoms with Gasteiger partial charge in [-0.05, 0) is 74.2 Å². The molecular formula is C24H29Cl2N3O2S. The lowest BCUT2D eigenvalue weighted by Gasteiger charge is -2.29. The molecule has 1 fully saturated rings. The highest BCUT2D eigenvalue weighted by Crippen LogP contribution is 2.26. The summed E-state index contributed by atoms with van der Waals surface area (Å²) in [7, 11) is 0. The van der Waals surface area contributed by atoms with Crippen LogP contribution in [0.15, 0.2) is 48.5 Å². The summed E-state index contributed by atoms with van der Waals surface area (Å²) in [4.78, 5) is 28.2. The average molecular weight is 494 g/mol. The molecule has 0 aliphatic carbocycles. The number of nitrogens with one attached hydrogen (secondary N) is 2. The number of amides is 2. The molecule has 0 aromatic heterocycles. The van der Waals surface area contributed by atoms with Gasteiger partial charge in [-0.1, -0.05) is 47.5 Å². The lowest BCUT2D eigenvalue weighted by molar-refractivity contribution is -0.123. The summed E-state index contributed by atoms with van der Waals surface area (Å²) in [5.41, 5.74) is 1.45. The van der Waals surface area contributed by atoms with E-state index in [9.17, 15) is 9.59 Å². The van der Waals surface area contributed by atoms with Gasteiger partial charge in [-0.15, -0.1) is 0 Å². The third-order valence-corrected chi connectivity index (χ3v) is 6.84. The summed E-state index contributed by atoms with van der Waals surface area (Å²) >= 11 is 14.0. The van der Waals surface area contributed by atoms with Crippen molar-refractivity contribution in [1.29, 1.82) is 0 Å². The maximum atomic E-state index is 13.1. The Kier molecular flexibility index (Phi) is 9.72. The smallest absolute Gasteiger partial charge is 0.253 e. The van der Waals surface area contributed by atoms with Gasteiger partial charge in [-0.2, -0.15) is 11.8 Å². The third kappa shape index (κ3) is 6.88. The van der Waals surface area contributed by atoms with Crippen LogP contribution in [0.2, 0.25) is 10.0 Å². The molecule has 0 saturated carbocycles. The summed E-state index contributed by atoms with van der Waals surface area (Å²) in [6, 6.07) is 14.1. The van der Waals surface area contributed by atoms with Crippen LogP contribution in [-0.4, -0.2) is 54.4 Å². The summed E-state index contributed by atoms with van der Waals surface area (Å²) in [5.74, 6) is 0.221. The average Bonchev–Trinajstić information content (AvgIpc) is 3.31. The van der Waals surface area contributed by atoms with Crippen molar-refractivity contribution >= 4 is 46.8 Å². The zero-order chi connectivity index (χ0) is 22.9. The largest absolute Gasteiger partial charge is 0.352 e. The lowest BCUT2D eigenvalue weighted by Crippen LogP contribution is -2.49. The van der Waals surface area contributed by atoms with Crippen molar-refractivity contribution in [2.24, 2.45) is 0 Å². The minimum absolute atomic E-state index is 0.0422. The minimum atomic E-state index is -0.634. The van der Waals surface area contributed by atoms with E-state index in [-0.39, 0.29) is 17.9 Å². The van der Waals surface area contributed by atoms with Crippen LogP contribution in [0.4, 0.5) is 0 Å². The molecule has 32 heavy (non-hydrogen) atoms. The molecule has 172 valence electrons. The first-order valence-electron chi connectivity index (χ1n) is 10.8. The molecule has 8 heteroatoms. The first-order chi connectivity index (χ1) is 15.5. The second-order valence-electron chi connectivity index (χ2n) is 7.85. The number of benzene rings is 2. The number of thioether (sulfide) groups is 1. The molecule has 3 rings (SSSR count). The molecule has 2 aromatic rings. The van der Waals surface area contributed by atoms with Crippen LogP contribution in [0.1, 0.15) is 41.2 Å². The first kappa shape index (κ1) is 24.9. The first-order valence-corrected chi connectivity index (χ1v) is 13.0. The number of hydrogen-bond donors (Lipinski definition) is 2. The van der Waals surface area contributed by atoms with E-state index in [0.717, 1.165) is 37.2 Å². The number of carbonyl (C=O) groups excluding carboxylic acids is 2. The number of likely N-dealkylation sites (tertiary alicyclic amines) is 1. The maximum absolute atomic E-state index is 13.1.